The van der Waals surface area contributed by atoms with Crippen molar-refractivity contribution in [2.24, 2.45) is 5.73 Å². The Morgan fingerprint density at radius 1 is 1.23 bits per heavy atom. The molecule has 4 rings (SSSR count). The zero-order valence-electron chi connectivity index (χ0n) is 12.5. The summed E-state index contributed by atoms with van der Waals surface area (Å²) in [6, 6.07) is 10.2. The molecular weight excluding hydrogens is 276 g/mol. The van der Waals surface area contributed by atoms with Crippen LogP contribution in [0.1, 0.15) is 34.6 Å². The number of carbonyl (C=O) groups excluding carboxylic acids is 1. The Kier molecular flexibility index (Phi) is 3.22. The number of likely N-dealkylation sites (tertiary alicyclic amines) is 1. The molecule has 1 aromatic carbocycles. The lowest BCUT2D eigenvalue weighted by Gasteiger charge is -2.14. The van der Waals surface area contributed by atoms with Crippen molar-refractivity contribution in [1.82, 2.24) is 14.7 Å². The number of rotatable bonds is 2. The second kappa shape index (κ2) is 5.25. The van der Waals surface area contributed by atoms with Crippen LogP contribution < -0.4 is 5.73 Å². The molecule has 1 fully saturated rings. The number of nitrogens with zero attached hydrogens (tertiary/aromatic N) is 3. The van der Waals surface area contributed by atoms with Crippen molar-refractivity contribution in [3.8, 4) is 5.69 Å². The lowest BCUT2D eigenvalue weighted by Crippen LogP contribution is -2.32. The monoisotopic (exact) mass is 296 g/mol. The van der Waals surface area contributed by atoms with Crippen molar-refractivity contribution in [2.75, 3.05) is 13.1 Å². The van der Waals surface area contributed by atoms with Crippen LogP contribution in [0.4, 0.5) is 0 Å². The van der Waals surface area contributed by atoms with Gasteiger partial charge in [0.2, 0.25) is 0 Å². The van der Waals surface area contributed by atoms with E-state index in [9.17, 15) is 4.79 Å². The SMILES string of the molecule is N[C@@H]1CCN(C(=O)c2nn(-c3ccccc3)c3c2CCC3)C1. The number of nitrogens with two attached hydrogens (primary N) is 1. The van der Waals surface area contributed by atoms with E-state index in [0.717, 1.165) is 43.5 Å². The third-order valence-corrected chi connectivity index (χ3v) is 4.65. The lowest BCUT2D eigenvalue weighted by molar-refractivity contribution is 0.0783. The molecule has 1 atom stereocenters. The Hall–Kier alpha value is -2.14. The second-order valence-electron chi connectivity index (χ2n) is 6.17. The Morgan fingerprint density at radius 3 is 2.77 bits per heavy atom. The quantitative estimate of drug-likeness (QED) is 0.914. The van der Waals surface area contributed by atoms with Gasteiger partial charge in [0.25, 0.3) is 5.91 Å². The third kappa shape index (κ3) is 2.13. The van der Waals surface area contributed by atoms with Gasteiger partial charge >= 0.3 is 0 Å². The average Bonchev–Trinajstić information content (AvgIpc) is 3.23. The summed E-state index contributed by atoms with van der Waals surface area (Å²) in [6.07, 6.45) is 3.92. The van der Waals surface area contributed by atoms with Crippen molar-refractivity contribution in [3.05, 3.63) is 47.3 Å². The zero-order chi connectivity index (χ0) is 15.1. The molecule has 2 aromatic rings. The van der Waals surface area contributed by atoms with Gasteiger partial charge in [0.15, 0.2) is 5.69 Å². The van der Waals surface area contributed by atoms with Crippen LogP contribution in [0, 0.1) is 0 Å². The molecule has 0 spiro atoms. The maximum Gasteiger partial charge on any atom is 0.274 e. The molecule has 0 unspecified atom stereocenters. The van der Waals surface area contributed by atoms with Crippen LogP contribution in [0.5, 0.6) is 0 Å². The molecule has 5 heteroatoms. The number of para-hydroxylation sites is 1. The number of hydrogen-bond donors (Lipinski definition) is 1. The first-order valence-corrected chi connectivity index (χ1v) is 7.95. The van der Waals surface area contributed by atoms with Gasteiger partial charge in [-0.3, -0.25) is 4.79 Å². The van der Waals surface area contributed by atoms with Crippen molar-refractivity contribution in [3.63, 3.8) is 0 Å². The van der Waals surface area contributed by atoms with Crippen LogP contribution in [0.3, 0.4) is 0 Å². The van der Waals surface area contributed by atoms with Gasteiger partial charge in [-0.2, -0.15) is 5.10 Å². The first kappa shape index (κ1) is 13.5. The minimum atomic E-state index is 0.0424. The second-order valence-corrected chi connectivity index (χ2v) is 6.17. The molecule has 2 aliphatic rings. The highest BCUT2D eigenvalue weighted by atomic mass is 16.2. The Bertz CT molecular complexity index is 707. The fourth-order valence-corrected chi connectivity index (χ4v) is 3.51. The molecule has 1 aliphatic carbocycles. The van der Waals surface area contributed by atoms with E-state index in [1.165, 1.54) is 5.69 Å². The molecule has 5 nitrogen and oxygen atoms in total. The van der Waals surface area contributed by atoms with Crippen molar-refractivity contribution in [2.45, 2.75) is 31.7 Å². The van der Waals surface area contributed by atoms with Gasteiger partial charge < -0.3 is 10.6 Å². The van der Waals surface area contributed by atoms with Crippen LogP contribution >= 0.6 is 0 Å². The van der Waals surface area contributed by atoms with Crippen molar-refractivity contribution in [1.29, 1.82) is 0 Å². The normalized spacial score (nSPS) is 20.4. The molecular formula is C17H20N4O. The molecule has 1 saturated heterocycles. The predicted octanol–water partition coefficient (Wildman–Crippen LogP) is 1.53. The van der Waals surface area contributed by atoms with Crippen LogP contribution in [-0.4, -0.2) is 39.7 Å². The summed E-state index contributed by atoms with van der Waals surface area (Å²) in [5.41, 5.74) is 9.91. The van der Waals surface area contributed by atoms with Crippen molar-refractivity contribution < 1.29 is 4.79 Å². The van der Waals surface area contributed by atoms with E-state index in [2.05, 4.69) is 5.10 Å². The maximum atomic E-state index is 12.8. The highest BCUT2D eigenvalue weighted by molar-refractivity contribution is 5.94. The predicted molar refractivity (Wildman–Crippen MR) is 84.1 cm³/mol. The minimum Gasteiger partial charge on any atom is -0.336 e. The maximum absolute atomic E-state index is 12.8. The van der Waals surface area contributed by atoms with Crippen molar-refractivity contribution >= 4 is 5.91 Å². The van der Waals surface area contributed by atoms with E-state index in [-0.39, 0.29) is 11.9 Å². The molecule has 0 bridgehead atoms. The topological polar surface area (TPSA) is 64.2 Å². The highest BCUT2D eigenvalue weighted by Crippen LogP contribution is 2.29. The first-order chi connectivity index (χ1) is 10.7. The highest BCUT2D eigenvalue weighted by Gasteiger charge is 2.32. The summed E-state index contributed by atoms with van der Waals surface area (Å²) >= 11 is 0. The number of carbonyl (C=O) groups is 1. The number of benzene rings is 1. The molecule has 0 saturated carbocycles. The summed E-state index contributed by atoms with van der Waals surface area (Å²) < 4.78 is 1.95. The van der Waals surface area contributed by atoms with E-state index in [1.807, 2.05) is 39.9 Å². The van der Waals surface area contributed by atoms with Crippen LogP contribution in [-0.2, 0) is 12.8 Å². The Labute approximate surface area is 129 Å². The smallest absolute Gasteiger partial charge is 0.274 e. The van der Waals surface area contributed by atoms with Crippen LogP contribution in [0.25, 0.3) is 5.69 Å². The van der Waals surface area contributed by atoms with Gasteiger partial charge in [-0.05, 0) is 37.8 Å². The minimum absolute atomic E-state index is 0.0424. The molecule has 2 heterocycles. The van der Waals surface area contributed by atoms with E-state index < -0.39 is 0 Å². The third-order valence-electron chi connectivity index (χ3n) is 4.65. The van der Waals surface area contributed by atoms with E-state index in [4.69, 9.17) is 5.73 Å². The van der Waals surface area contributed by atoms with E-state index >= 15 is 0 Å². The first-order valence-electron chi connectivity index (χ1n) is 7.95. The summed E-state index contributed by atoms with van der Waals surface area (Å²) in [6.45, 7) is 1.39. The lowest BCUT2D eigenvalue weighted by atomic mass is 10.2. The fourth-order valence-electron chi connectivity index (χ4n) is 3.51. The van der Waals surface area contributed by atoms with Crippen LogP contribution in [0.2, 0.25) is 0 Å². The standard InChI is InChI=1S/C17H20N4O/c18-12-9-10-20(11-12)17(22)16-14-7-4-8-15(14)21(19-16)13-5-2-1-3-6-13/h1-3,5-6,12H,4,7-11,18H2/t12-/m1/s1. The zero-order valence-corrected chi connectivity index (χ0v) is 12.5. The van der Waals surface area contributed by atoms with Gasteiger partial charge in [0, 0.05) is 30.4 Å². The fraction of sp³-hybridized carbons (Fsp3) is 0.412. The molecule has 114 valence electrons. The largest absolute Gasteiger partial charge is 0.336 e. The number of amides is 1. The van der Waals surface area contributed by atoms with Gasteiger partial charge in [-0.25, -0.2) is 4.68 Å². The number of fused-ring (bicyclic) bond motifs is 1. The number of hydrogen-bond acceptors (Lipinski definition) is 3. The summed E-state index contributed by atoms with van der Waals surface area (Å²) in [5.74, 6) is 0.0424. The van der Waals surface area contributed by atoms with Gasteiger partial charge in [0.05, 0.1) is 5.69 Å². The van der Waals surface area contributed by atoms with Gasteiger partial charge in [0.1, 0.15) is 0 Å². The molecule has 0 radical (unpaired) electrons. The molecule has 1 amide bonds. The molecule has 1 aromatic heterocycles. The summed E-state index contributed by atoms with van der Waals surface area (Å²) in [5, 5.41) is 4.66. The molecule has 22 heavy (non-hydrogen) atoms. The average molecular weight is 296 g/mol. The Morgan fingerprint density at radius 2 is 2.05 bits per heavy atom. The van der Waals surface area contributed by atoms with Crippen LogP contribution in [0.15, 0.2) is 30.3 Å². The Balaban J connectivity index is 1.74. The number of aromatic nitrogens is 2. The van der Waals surface area contributed by atoms with Gasteiger partial charge in [-0.15, -0.1) is 0 Å². The van der Waals surface area contributed by atoms with Gasteiger partial charge in [-0.1, -0.05) is 18.2 Å². The summed E-state index contributed by atoms with van der Waals surface area (Å²) in [7, 11) is 0. The molecule has 1 aliphatic heterocycles. The molecule has 2 N–H and O–H groups in total. The van der Waals surface area contributed by atoms with E-state index in [0.29, 0.717) is 12.2 Å². The van der Waals surface area contributed by atoms with E-state index in [1.54, 1.807) is 0 Å². The summed E-state index contributed by atoms with van der Waals surface area (Å²) in [4.78, 5) is 14.6.